The maximum Gasteiger partial charge on any atom is 0.329 e. The third kappa shape index (κ3) is 1.98. The van der Waals surface area contributed by atoms with Crippen LogP contribution in [0.2, 0.25) is 0 Å². The number of rotatable bonds is 1. The molecule has 2 bridgehead atoms. The predicted octanol–water partition coefficient (Wildman–Crippen LogP) is 1.69. The molecule has 1 aromatic rings. The topological polar surface area (TPSA) is 58.1 Å². The zero-order valence-corrected chi connectivity index (χ0v) is 12.4. The molecule has 4 rings (SSSR count). The highest BCUT2D eigenvalue weighted by atomic mass is 16.2. The smallest absolute Gasteiger partial charge is 0.329 e. The van der Waals surface area contributed by atoms with Crippen molar-refractivity contribution in [3.05, 3.63) is 38.1 Å². The predicted molar refractivity (Wildman–Crippen MR) is 81.7 cm³/mol. The molecule has 112 valence electrons. The SMILES string of the molecule is Cn1c(=O)cc(N2C3CCC2CC(=C2CCC2)C3)[nH]c1=O. The van der Waals surface area contributed by atoms with Crippen LogP contribution in [0.4, 0.5) is 5.82 Å². The van der Waals surface area contributed by atoms with Gasteiger partial charge in [-0.2, -0.15) is 0 Å². The van der Waals surface area contributed by atoms with Gasteiger partial charge in [0, 0.05) is 25.2 Å². The van der Waals surface area contributed by atoms with E-state index in [1.54, 1.807) is 17.2 Å². The van der Waals surface area contributed by atoms with Crippen LogP contribution in [0.15, 0.2) is 26.8 Å². The molecule has 1 aromatic heterocycles. The number of nitrogens with zero attached hydrogens (tertiary/aromatic N) is 2. The normalized spacial score (nSPS) is 28.0. The minimum Gasteiger partial charge on any atom is -0.351 e. The van der Waals surface area contributed by atoms with Crippen LogP contribution >= 0.6 is 0 Å². The van der Waals surface area contributed by atoms with E-state index in [9.17, 15) is 9.59 Å². The van der Waals surface area contributed by atoms with Crippen molar-refractivity contribution >= 4 is 5.82 Å². The molecular weight excluding hydrogens is 266 g/mol. The Kier molecular flexibility index (Phi) is 2.84. The minimum atomic E-state index is -0.319. The molecule has 1 N–H and O–H groups in total. The summed E-state index contributed by atoms with van der Waals surface area (Å²) in [5.41, 5.74) is 2.80. The van der Waals surface area contributed by atoms with Gasteiger partial charge in [-0.05, 0) is 44.9 Å². The van der Waals surface area contributed by atoms with Crippen molar-refractivity contribution in [1.29, 1.82) is 0 Å². The van der Waals surface area contributed by atoms with Gasteiger partial charge in [-0.1, -0.05) is 11.1 Å². The van der Waals surface area contributed by atoms with Crippen molar-refractivity contribution in [2.24, 2.45) is 7.05 Å². The summed E-state index contributed by atoms with van der Waals surface area (Å²) in [7, 11) is 1.51. The average Bonchev–Trinajstić information content (AvgIpc) is 2.65. The van der Waals surface area contributed by atoms with E-state index in [4.69, 9.17) is 0 Å². The zero-order valence-electron chi connectivity index (χ0n) is 12.4. The highest BCUT2D eigenvalue weighted by Gasteiger charge is 2.40. The number of hydrogen-bond acceptors (Lipinski definition) is 3. The maximum atomic E-state index is 11.9. The summed E-state index contributed by atoms with van der Waals surface area (Å²) >= 11 is 0. The molecule has 1 saturated carbocycles. The first-order valence-electron chi connectivity index (χ1n) is 7.92. The van der Waals surface area contributed by atoms with Gasteiger partial charge in [-0.25, -0.2) is 4.79 Å². The Bertz CT molecular complexity index is 675. The Morgan fingerprint density at radius 1 is 1.10 bits per heavy atom. The van der Waals surface area contributed by atoms with Gasteiger partial charge < -0.3 is 4.90 Å². The lowest BCUT2D eigenvalue weighted by molar-refractivity contribution is 0.517. The largest absolute Gasteiger partial charge is 0.351 e. The number of anilines is 1. The first-order valence-corrected chi connectivity index (χ1v) is 7.92. The summed E-state index contributed by atoms with van der Waals surface area (Å²) < 4.78 is 1.12. The minimum absolute atomic E-state index is 0.226. The third-order valence-corrected chi connectivity index (χ3v) is 5.45. The summed E-state index contributed by atoms with van der Waals surface area (Å²) in [6.45, 7) is 0. The lowest BCUT2D eigenvalue weighted by atomic mass is 9.82. The van der Waals surface area contributed by atoms with Crippen LogP contribution < -0.4 is 16.1 Å². The van der Waals surface area contributed by atoms with E-state index < -0.39 is 0 Å². The molecule has 3 fully saturated rings. The highest BCUT2D eigenvalue weighted by molar-refractivity contribution is 5.45. The number of aromatic nitrogens is 2. The lowest BCUT2D eigenvalue weighted by Gasteiger charge is -2.39. The van der Waals surface area contributed by atoms with Crippen LogP contribution in [-0.2, 0) is 7.05 Å². The van der Waals surface area contributed by atoms with Crippen molar-refractivity contribution in [3.8, 4) is 0 Å². The zero-order chi connectivity index (χ0) is 14.6. The third-order valence-electron chi connectivity index (χ3n) is 5.45. The van der Waals surface area contributed by atoms with Crippen molar-refractivity contribution in [3.63, 3.8) is 0 Å². The molecule has 0 amide bonds. The number of allylic oxidation sites excluding steroid dienone is 1. The van der Waals surface area contributed by atoms with Gasteiger partial charge in [0.1, 0.15) is 5.82 Å². The van der Waals surface area contributed by atoms with E-state index in [0.717, 1.165) is 17.4 Å². The number of fused-ring (bicyclic) bond motifs is 2. The van der Waals surface area contributed by atoms with E-state index in [1.807, 2.05) is 0 Å². The molecule has 3 heterocycles. The lowest BCUT2D eigenvalue weighted by Crippen LogP contribution is -2.44. The first kappa shape index (κ1) is 12.9. The Balaban J connectivity index is 1.69. The molecule has 3 aliphatic rings. The molecule has 1 aliphatic carbocycles. The van der Waals surface area contributed by atoms with E-state index in [-0.39, 0.29) is 11.2 Å². The van der Waals surface area contributed by atoms with Gasteiger partial charge >= 0.3 is 5.69 Å². The Labute approximate surface area is 123 Å². The Morgan fingerprint density at radius 2 is 1.76 bits per heavy atom. The summed E-state index contributed by atoms with van der Waals surface area (Å²) in [6.07, 6.45) is 8.48. The molecule has 5 nitrogen and oxygen atoms in total. The van der Waals surface area contributed by atoms with Crippen molar-refractivity contribution in [2.75, 3.05) is 4.90 Å². The summed E-state index contributed by atoms with van der Waals surface area (Å²) in [5, 5.41) is 0. The summed E-state index contributed by atoms with van der Waals surface area (Å²) in [5.74, 6) is 0.716. The second-order valence-corrected chi connectivity index (χ2v) is 6.62. The molecule has 0 aromatic carbocycles. The second kappa shape index (κ2) is 4.61. The molecule has 2 atom stereocenters. The molecule has 0 radical (unpaired) electrons. The van der Waals surface area contributed by atoms with E-state index in [0.29, 0.717) is 17.9 Å². The fourth-order valence-corrected chi connectivity index (χ4v) is 4.09. The standard InChI is InChI=1S/C16H21N3O2/c1-18-15(20)9-14(17-16(18)21)19-12-5-6-13(19)8-11(7-12)10-3-2-4-10/h9,12-13H,2-8H2,1H3,(H,17,21). The average molecular weight is 287 g/mol. The highest BCUT2D eigenvalue weighted by Crippen LogP contribution is 2.44. The number of piperidine rings is 1. The van der Waals surface area contributed by atoms with Gasteiger partial charge in [0.15, 0.2) is 0 Å². The fraction of sp³-hybridized carbons (Fsp3) is 0.625. The van der Waals surface area contributed by atoms with Crippen LogP contribution in [0, 0.1) is 0 Å². The summed E-state index contributed by atoms with van der Waals surface area (Å²) in [4.78, 5) is 28.9. The van der Waals surface area contributed by atoms with E-state index in [2.05, 4.69) is 9.88 Å². The van der Waals surface area contributed by atoms with E-state index >= 15 is 0 Å². The molecule has 0 spiro atoms. The Hall–Kier alpha value is -1.78. The van der Waals surface area contributed by atoms with Crippen LogP contribution in [0.5, 0.6) is 0 Å². The van der Waals surface area contributed by atoms with Crippen molar-refractivity contribution < 1.29 is 0 Å². The second-order valence-electron chi connectivity index (χ2n) is 6.62. The fourth-order valence-electron chi connectivity index (χ4n) is 4.09. The number of aromatic amines is 1. The Morgan fingerprint density at radius 3 is 2.29 bits per heavy atom. The molecule has 2 saturated heterocycles. The maximum absolute atomic E-state index is 11.9. The molecule has 2 aliphatic heterocycles. The monoisotopic (exact) mass is 287 g/mol. The van der Waals surface area contributed by atoms with Gasteiger partial charge in [0.05, 0.1) is 0 Å². The molecule has 2 unspecified atom stereocenters. The van der Waals surface area contributed by atoms with Gasteiger partial charge in [-0.3, -0.25) is 14.3 Å². The number of hydrogen-bond donors (Lipinski definition) is 1. The van der Waals surface area contributed by atoms with Gasteiger partial charge in [-0.15, -0.1) is 0 Å². The van der Waals surface area contributed by atoms with Crippen LogP contribution in [0.1, 0.15) is 44.9 Å². The van der Waals surface area contributed by atoms with Crippen molar-refractivity contribution in [2.45, 2.75) is 57.0 Å². The summed E-state index contributed by atoms with van der Waals surface area (Å²) in [6, 6.07) is 2.48. The molecule has 21 heavy (non-hydrogen) atoms. The van der Waals surface area contributed by atoms with Crippen LogP contribution in [-0.4, -0.2) is 21.6 Å². The number of nitrogens with one attached hydrogen (secondary N) is 1. The van der Waals surface area contributed by atoms with Crippen molar-refractivity contribution in [1.82, 2.24) is 9.55 Å². The quantitative estimate of drug-likeness (QED) is 0.800. The first-order chi connectivity index (χ1) is 10.1. The van der Waals surface area contributed by atoms with Gasteiger partial charge in [0.2, 0.25) is 0 Å². The van der Waals surface area contributed by atoms with Crippen LogP contribution in [0.25, 0.3) is 0 Å². The van der Waals surface area contributed by atoms with Crippen LogP contribution in [0.3, 0.4) is 0 Å². The van der Waals surface area contributed by atoms with Gasteiger partial charge in [0.25, 0.3) is 5.56 Å². The number of H-pyrrole nitrogens is 1. The van der Waals surface area contributed by atoms with E-state index in [1.165, 1.54) is 39.2 Å². The molecule has 5 heteroatoms. The molecular formula is C16H21N3O2.